The quantitative estimate of drug-likeness (QED) is 0.751. The maximum Gasteiger partial charge on any atom is 0.389 e. The van der Waals surface area contributed by atoms with Crippen LogP contribution in [0.3, 0.4) is 0 Å². The molecule has 25 heavy (non-hydrogen) atoms. The number of rotatable bonds is 5. The van der Waals surface area contributed by atoms with Crippen LogP contribution in [0.15, 0.2) is 40.3 Å². The van der Waals surface area contributed by atoms with Crippen molar-refractivity contribution in [2.45, 2.75) is 39.8 Å². The summed E-state index contributed by atoms with van der Waals surface area (Å²) >= 11 is 0. The lowest BCUT2D eigenvalue weighted by Gasteiger charge is -2.16. The molecule has 136 valence electrons. The van der Waals surface area contributed by atoms with Crippen molar-refractivity contribution in [3.63, 3.8) is 0 Å². The van der Waals surface area contributed by atoms with Crippen LogP contribution in [0.5, 0.6) is 0 Å². The van der Waals surface area contributed by atoms with Crippen LogP contribution in [-0.4, -0.2) is 37.5 Å². The molecular weight excluding hydrogens is 339 g/mol. The maximum atomic E-state index is 5.95. The Kier molecular flexibility index (Phi) is 5.79. The first-order valence-electron chi connectivity index (χ1n) is 8.65. The summed E-state index contributed by atoms with van der Waals surface area (Å²) in [5.41, 5.74) is 0. The number of hydrogen-bond acceptors (Lipinski definition) is 6. The second kappa shape index (κ2) is 8.05. The zero-order chi connectivity index (χ0) is 17.8. The summed E-state index contributed by atoms with van der Waals surface area (Å²) in [6.45, 7) is 9.54. The molecule has 0 amide bonds. The predicted octanol–water partition coefficient (Wildman–Crippen LogP) is 3.48. The molecule has 0 aliphatic carbocycles. The van der Waals surface area contributed by atoms with Crippen molar-refractivity contribution in [2.24, 2.45) is 21.8 Å². The predicted molar refractivity (Wildman–Crippen MR) is 99.2 cm³/mol. The van der Waals surface area contributed by atoms with Gasteiger partial charge in [-0.1, -0.05) is 45.9 Å². The van der Waals surface area contributed by atoms with Crippen molar-refractivity contribution in [1.82, 2.24) is 0 Å². The van der Waals surface area contributed by atoms with Crippen LogP contribution in [0.25, 0.3) is 0 Å². The first kappa shape index (κ1) is 18.0. The van der Waals surface area contributed by atoms with Gasteiger partial charge >= 0.3 is 20.5 Å². The van der Waals surface area contributed by atoms with Gasteiger partial charge in [-0.3, -0.25) is 0 Å². The van der Waals surface area contributed by atoms with E-state index in [9.17, 15) is 0 Å². The molecule has 0 spiro atoms. The Morgan fingerprint density at radius 2 is 1.36 bits per heavy atom. The highest BCUT2D eigenvalue weighted by Gasteiger charge is 2.31. The third kappa shape index (κ3) is 4.63. The van der Waals surface area contributed by atoms with Crippen molar-refractivity contribution in [3.8, 4) is 0 Å². The van der Waals surface area contributed by atoms with E-state index in [0.29, 0.717) is 25.0 Å². The second-order valence-corrected chi connectivity index (χ2v) is 8.21. The molecule has 6 nitrogen and oxygen atoms in total. The molecule has 2 aliphatic heterocycles. The molecule has 0 saturated carbocycles. The van der Waals surface area contributed by atoms with Crippen molar-refractivity contribution in [2.75, 3.05) is 13.2 Å². The Morgan fingerprint density at radius 1 is 0.880 bits per heavy atom. The summed E-state index contributed by atoms with van der Waals surface area (Å²) in [6.07, 6.45) is 0.570. The SMILES string of the molecule is CC(C)[C@H]1COC(OP(OC2=N[C@@H](C(C)C)CO2)c2ccccc2)=N1. The van der Waals surface area contributed by atoms with Crippen molar-refractivity contribution >= 4 is 25.8 Å². The van der Waals surface area contributed by atoms with E-state index in [1.807, 2.05) is 30.3 Å². The molecule has 2 aliphatic rings. The van der Waals surface area contributed by atoms with E-state index in [4.69, 9.17) is 18.5 Å². The van der Waals surface area contributed by atoms with Gasteiger partial charge in [-0.05, 0) is 24.0 Å². The summed E-state index contributed by atoms with van der Waals surface area (Å²) in [5, 5.41) is 0.913. The molecule has 1 aromatic rings. The average molecular weight is 364 g/mol. The topological polar surface area (TPSA) is 61.6 Å². The van der Waals surface area contributed by atoms with Gasteiger partial charge < -0.3 is 18.5 Å². The summed E-state index contributed by atoms with van der Waals surface area (Å²) in [4.78, 5) is 9.00. The van der Waals surface area contributed by atoms with Gasteiger partial charge in [-0.25, -0.2) is 9.98 Å². The molecule has 0 N–H and O–H groups in total. The smallest absolute Gasteiger partial charge is 0.389 e. The third-order valence-corrected chi connectivity index (χ3v) is 5.49. The first-order valence-corrected chi connectivity index (χ1v) is 9.83. The Labute approximate surface area is 150 Å². The molecule has 0 fully saturated rings. The van der Waals surface area contributed by atoms with Crippen LogP contribution >= 0.6 is 8.38 Å². The van der Waals surface area contributed by atoms with E-state index >= 15 is 0 Å². The number of hydrogen-bond donors (Lipinski definition) is 0. The van der Waals surface area contributed by atoms with Gasteiger partial charge in [-0.2, -0.15) is 0 Å². The van der Waals surface area contributed by atoms with Crippen LogP contribution in [0, 0.1) is 11.8 Å². The van der Waals surface area contributed by atoms with Gasteiger partial charge in [0.25, 0.3) is 0 Å². The maximum absolute atomic E-state index is 5.95. The largest absolute Gasteiger partial charge is 0.448 e. The van der Waals surface area contributed by atoms with Gasteiger partial charge in [0.2, 0.25) is 0 Å². The summed E-state index contributed by atoms with van der Waals surface area (Å²) in [6, 6.07) is 9.99. The minimum Gasteiger partial charge on any atom is -0.448 e. The minimum absolute atomic E-state index is 0.119. The Balaban J connectivity index is 1.73. The molecular formula is C18H25N2O4P. The van der Waals surface area contributed by atoms with Crippen LogP contribution in [0.1, 0.15) is 27.7 Å². The van der Waals surface area contributed by atoms with Crippen LogP contribution in [-0.2, 0) is 18.5 Å². The highest BCUT2D eigenvalue weighted by atomic mass is 31.2. The lowest BCUT2D eigenvalue weighted by Crippen LogP contribution is -2.14. The van der Waals surface area contributed by atoms with Gasteiger partial charge in [0.1, 0.15) is 13.2 Å². The minimum atomic E-state index is -1.47. The van der Waals surface area contributed by atoms with Gasteiger partial charge in [0.15, 0.2) is 0 Å². The Hall–Kier alpha value is -1.81. The molecule has 1 aromatic carbocycles. The molecule has 7 heteroatoms. The van der Waals surface area contributed by atoms with Gasteiger partial charge in [-0.15, -0.1) is 0 Å². The van der Waals surface area contributed by atoms with Crippen LogP contribution in [0.2, 0.25) is 0 Å². The van der Waals surface area contributed by atoms with E-state index in [1.54, 1.807) is 0 Å². The number of nitrogens with zero attached hydrogens (tertiary/aromatic N) is 2. The van der Waals surface area contributed by atoms with E-state index < -0.39 is 8.38 Å². The fourth-order valence-corrected chi connectivity index (χ4v) is 3.48. The number of ether oxygens (including phenoxy) is 2. The van der Waals surface area contributed by atoms with Crippen molar-refractivity contribution < 1.29 is 18.5 Å². The number of benzene rings is 1. The Morgan fingerprint density at radius 3 is 1.76 bits per heavy atom. The summed E-state index contributed by atoms with van der Waals surface area (Å²) in [5.74, 6) is 0.804. The van der Waals surface area contributed by atoms with Crippen molar-refractivity contribution in [1.29, 1.82) is 0 Å². The molecule has 0 saturated heterocycles. The molecule has 0 aromatic heterocycles. The highest BCUT2D eigenvalue weighted by molar-refractivity contribution is 7.57. The lowest BCUT2D eigenvalue weighted by molar-refractivity contribution is 0.231. The number of aliphatic imine (C=N–C) groups is 2. The highest BCUT2D eigenvalue weighted by Crippen LogP contribution is 2.40. The molecule has 3 rings (SSSR count). The lowest BCUT2D eigenvalue weighted by atomic mass is 10.1. The molecule has 0 radical (unpaired) electrons. The fraction of sp³-hybridized carbons (Fsp3) is 0.556. The third-order valence-electron chi connectivity index (χ3n) is 4.13. The van der Waals surface area contributed by atoms with E-state index in [2.05, 4.69) is 37.7 Å². The first-order chi connectivity index (χ1) is 12.0. The second-order valence-electron chi connectivity index (χ2n) is 6.81. The fourth-order valence-electron chi connectivity index (χ4n) is 2.33. The standard InChI is InChI=1S/C18H25N2O4P/c1-12(2)15-10-21-17(19-15)23-25(14-8-6-5-7-9-14)24-18-20-16(11-22-18)13(3)4/h5-9,12-13,15-16H,10-11H2,1-4H3/t15-,16-/m1/s1. The monoisotopic (exact) mass is 364 g/mol. The van der Waals surface area contributed by atoms with Crippen LogP contribution < -0.4 is 5.30 Å². The van der Waals surface area contributed by atoms with E-state index in [1.165, 1.54) is 0 Å². The summed E-state index contributed by atoms with van der Waals surface area (Å²) < 4.78 is 23.1. The molecule has 0 unspecified atom stereocenters. The van der Waals surface area contributed by atoms with E-state index in [0.717, 1.165) is 5.30 Å². The normalized spacial score (nSPS) is 22.7. The zero-order valence-electron chi connectivity index (χ0n) is 15.1. The summed E-state index contributed by atoms with van der Waals surface area (Å²) in [7, 11) is -1.47. The van der Waals surface area contributed by atoms with Gasteiger partial charge in [0, 0.05) is 0 Å². The average Bonchev–Trinajstić information content (AvgIpc) is 3.25. The van der Waals surface area contributed by atoms with Crippen LogP contribution in [0.4, 0.5) is 0 Å². The van der Waals surface area contributed by atoms with Gasteiger partial charge in [0.05, 0.1) is 17.4 Å². The molecule has 2 heterocycles. The zero-order valence-corrected chi connectivity index (χ0v) is 16.0. The molecule has 0 bridgehead atoms. The molecule has 2 atom stereocenters. The van der Waals surface area contributed by atoms with Crippen molar-refractivity contribution in [3.05, 3.63) is 30.3 Å². The Bertz CT molecular complexity index is 597. The van der Waals surface area contributed by atoms with E-state index in [-0.39, 0.29) is 24.3 Å².